The minimum absolute atomic E-state index is 0.0302. The molecule has 1 heterocycles. The van der Waals surface area contributed by atoms with E-state index in [0.717, 1.165) is 0 Å². The van der Waals surface area contributed by atoms with E-state index in [2.05, 4.69) is 5.10 Å². The summed E-state index contributed by atoms with van der Waals surface area (Å²) in [4.78, 5) is 12.0. The Morgan fingerprint density at radius 1 is 1.45 bits per heavy atom. The summed E-state index contributed by atoms with van der Waals surface area (Å²) in [7, 11) is 1.72. The molecule has 5 nitrogen and oxygen atoms in total. The van der Waals surface area contributed by atoms with Crippen LogP contribution in [0, 0.1) is 6.92 Å². The summed E-state index contributed by atoms with van der Waals surface area (Å²) >= 11 is 12.0. The summed E-state index contributed by atoms with van der Waals surface area (Å²) in [5.74, 6) is -0.554. The van der Waals surface area contributed by atoms with Crippen molar-refractivity contribution in [1.29, 1.82) is 0 Å². The van der Waals surface area contributed by atoms with Crippen LogP contribution in [0.1, 0.15) is 21.6 Å². The molecule has 0 saturated carbocycles. The molecule has 20 heavy (non-hydrogen) atoms. The minimum Gasteiger partial charge on any atom is -0.457 e. The Labute approximate surface area is 126 Å². The highest BCUT2D eigenvalue weighted by molar-refractivity contribution is 6.36. The second kappa shape index (κ2) is 5.73. The number of hydrogen-bond acceptors (Lipinski definition) is 4. The fourth-order valence-corrected chi connectivity index (χ4v) is 2.19. The number of ether oxygens (including phenoxy) is 1. The standard InChI is InChI=1S/C13H13Cl2N3O2/c1-7-9(12(15)18(2)17-7)6-20-13(19)8-4-3-5-10(16)11(8)14/h3-5H,6,16H2,1-2H3. The van der Waals surface area contributed by atoms with Crippen LogP contribution in [-0.4, -0.2) is 15.7 Å². The monoisotopic (exact) mass is 313 g/mol. The highest BCUT2D eigenvalue weighted by atomic mass is 35.5. The van der Waals surface area contributed by atoms with Gasteiger partial charge >= 0.3 is 5.97 Å². The molecule has 1 aromatic carbocycles. The van der Waals surface area contributed by atoms with Crippen molar-refractivity contribution in [2.75, 3.05) is 5.73 Å². The van der Waals surface area contributed by atoms with E-state index in [0.29, 0.717) is 22.1 Å². The topological polar surface area (TPSA) is 70.1 Å². The van der Waals surface area contributed by atoms with Crippen LogP contribution in [0.5, 0.6) is 0 Å². The SMILES string of the molecule is Cc1nn(C)c(Cl)c1COC(=O)c1cccc(N)c1Cl. The number of carbonyl (C=O) groups excluding carboxylic acids is 1. The zero-order valence-electron chi connectivity index (χ0n) is 11.0. The van der Waals surface area contributed by atoms with Crippen molar-refractivity contribution in [1.82, 2.24) is 9.78 Å². The lowest BCUT2D eigenvalue weighted by Gasteiger charge is -2.07. The van der Waals surface area contributed by atoms with Gasteiger partial charge in [0.25, 0.3) is 0 Å². The molecule has 0 bridgehead atoms. The lowest BCUT2D eigenvalue weighted by Crippen LogP contribution is -2.07. The molecule has 0 unspecified atom stereocenters. The van der Waals surface area contributed by atoms with E-state index < -0.39 is 5.97 Å². The first-order valence-corrected chi connectivity index (χ1v) is 6.56. The molecular weight excluding hydrogens is 301 g/mol. The van der Waals surface area contributed by atoms with Crippen LogP contribution in [0.25, 0.3) is 0 Å². The van der Waals surface area contributed by atoms with Gasteiger partial charge in [-0.15, -0.1) is 0 Å². The lowest BCUT2D eigenvalue weighted by molar-refractivity contribution is 0.0472. The van der Waals surface area contributed by atoms with Crippen LogP contribution in [0.3, 0.4) is 0 Å². The van der Waals surface area contributed by atoms with Gasteiger partial charge in [0.2, 0.25) is 0 Å². The quantitative estimate of drug-likeness (QED) is 0.698. The largest absolute Gasteiger partial charge is 0.457 e. The Balaban J connectivity index is 2.15. The second-order valence-corrected chi connectivity index (χ2v) is 5.00. The number of halogens is 2. The first kappa shape index (κ1) is 14.7. The number of carbonyl (C=O) groups is 1. The predicted octanol–water partition coefficient (Wildman–Crippen LogP) is 2.97. The molecule has 0 aliphatic rings. The summed E-state index contributed by atoms with van der Waals surface area (Å²) in [5, 5.41) is 4.77. The number of aryl methyl sites for hydroxylation is 2. The second-order valence-electron chi connectivity index (χ2n) is 4.26. The molecule has 2 rings (SSSR count). The van der Waals surface area contributed by atoms with Gasteiger partial charge in [-0.25, -0.2) is 4.79 Å². The number of anilines is 1. The first-order chi connectivity index (χ1) is 9.41. The Kier molecular flexibility index (Phi) is 4.20. The fraction of sp³-hybridized carbons (Fsp3) is 0.231. The van der Waals surface area contributed by atoms with Gasteiger partial charge in [-0.05, 0) is 19.1 Å². The zero-order valence-corrected chi connectivity index (χ0v) is 12.5. The average Bonchev–Trinajstić information content (AvgIpc) is 2.64. The van der Waals surface area contributed by atoms with Gasteiger partial charge in [0, 0.05) is 12.6 Å². The van der Waals surface area contributed by atoms with E-state index in [1.165, 1.54) is 4.68 Å². The number of aromatic nitrogens is 2. The molecule has 0 aliphatic heterocycles. The Bertz CT molecular complexity index is 668. The van der Waals surface area contributed by atoms with Crippen molar-refractivity contribution >= 4 is 34.9 Å². The zero-order chi connectivity index (χ0) is 14.9. The highest BCUT2D eigenvalue weighted by Gasteiger charge is 2.17. The van der Waals surface area contributed by atoms with Crippen molar-refractivity contribution in [3.8, 4) is 0 Å². The summed E-state index contributed by atoms with van der Waals surface area (Å²) in [6, 6.07) is 4.81. The number of benzene rings is 1. The number of esters is 1. The highest BCUT2D eigenvalue weighted by Crippen LogP contribution is 2.25. The van der Waals surface area contributed by atoms with Crippen LogP contribution < -0.4 is 5.73 Å². The van der Waals surface area contributed by atoms with Crippen LogP contribution in [0.4, 0.5) is 5.69 Å². The number of nitrogens with two attached hydrogens (primary N) is 1. The van der Waals surface area contributed by atoms with Gasteiger partial charge in [-0.1, -0.05) is 29.3 Å². The molecule has 0 atom stereocenters. The normalized spacial score (nSPS) is 10.6. The molecule has 0 amide bonds. The summed E-state index contributed by atoms with van der Waals surface area (Å²) in [6.45, 7) is 1.82. The number of nitrogen functional groups attached to an aromatic ring is 1. The van der Waals surface area contributed by atoms with Crippen LogP contribution in [0.15, 0.2) is 18.2 Å². The van der Waals surface area contributed by atoms with Gasteiger partial charge in [0.15, 0.2) is 0 Å². The molecule has 0 fully saturated rings. The third-order valence-corrected chi connectivity index (χ3v) is 3.76. The molecule has 1 aromatic heterocycles. The average molecular weight is 314 g/mol. The number of rotatable bonds is 3. The van der Waals surface area contributed by atoms with Crippen molar-refractivity contribution in [3.05, 3.63) is 45.2 Å². The van der Waals surface area contributed by atoms with Crippen molar-refractivity contribution in [2.24, 2.45) is 7.05 Å². The summed E-state index contributed by atoms with van der Waals surface area (Å²) in [5.41, 5.74) is 7.58. The molecule has 7 heteroatoms. The predicted molar refractivity (Wildman–Crippen MR) is 77.9 cm³/mol. The maximum atomic E-state index is 12.0. The molecule has 0 saturated heterocycles. The molecule has 2 aromatic rings. The van der Waals surface area contributed by atoms with Crippen LogP contribution >= 0.6 is 23.2 Å². The van der Waals surface area contributed by atoms with Crippen LogP contribution in [-0.2, 0) is 18.4 Å². The van der Waals surface area contributed by atoms with Crippen molar-refractivity contribution < 1.29 is 9.53 Å². The van der Waals surface area contributed by atoms with Crippen LogP contribution in [0.2, 0.25) is 10.2 Å². The molecule has 106 valence electrons. The van der Waals surface area contributed by atoms with Crippen molar-refractivity contribution in [3.63, 3.8) is 0 Å². The number of hydrogen-bond donors (Lipinski definition) is 1. The maximum absolute atomic E-state index is 12.0. The fourth-order valence-electron chi connectivity index (χ4n) is 1.76. The third kappa shape index (κ3) is 2.73. The lowest BCUT2D eigenvalue weighted by atomic mass is 10.2. The van der Waals surface area contributed by atoms with E-state index in [9.17, 15) is 4.79 Å². The van der Waals surface area contributed by atoms with Crippen molar-refractivity contribution in [2.45, 2.75) is 13.5 Å². The van der Waals surface area contributed by atoms with E-state index in [1.807, 2.05) is 0 Å². The molecular formula is C13H13Cl2N3O2. The van der Waals surface area contributed by atoms with E-state index in [4.69, 9.17) is 33.7 Å². The maximum Gasteiger partial charge on any atom is 0.340 e. The van der Waals surface area contributed by atoms with Gasteiger partial charge in [0.1, 0.15) is 11.8 Å². The summed E-state index contributed by atoms with van der Waals surface area (Å²) < 4.78 is 6.73. The molecule has 0 aliphatic carbocycles. The van der Waals surface area contributed by atoms with Gasteiger partial charge in [0.05, 0.1) is 22.0 Å². The third-order valence-electron chi connectivity index (χ3n) is 2.87. The molecule has 0 spiro atoms. The number of nitrogens with zero attached hydrogens (tertiary/aromatic N) is 2. The van der Waals surface area contributed by atoms with E-state index >= 15 is 0 Å². The first-order valence-electron chi connectivity index (χ1n) is 5.81. The Morgan fingerprint density at radius 2 is 2.15 bits per heavy atom. The molecule has 2 N–H and O–H groups in total. The van der Waals surface area contributed by atoms with E-state index in [1.54, 1.807) is 32.2 Å². The summed E-state index contributed by atoms with van der Waals surface area (Å²) in [6.07, 6.45) is 0. The smallest absolute Gasteiger partial charge is 0.340 e. The Hall–Kier alpha value is -1.72. The van der Waals surface area contributed by atoms with Gasteiger partial charge in [-0.3, -0.25) is 4.68 Å². The minimum atomic E-state index is -0.554. The Morgan fingerprint density at radius 3 is 2.75 bits per heavy atom. The molecule has 0 radical (unpaired) electrons. The van der Waals surface area contributed by atoms with E-state index in [-0.39, 0.29) is 17.2 Å². The van der Waals surface area contributed by atoms with Gasteiger partial charge < -0.3 is 10.5 Å². The van der Waals surface area contributed by atoms with Gasteiger partial charge in [-0.2, -0.15) is 5.10 Å².